The van der Waals surface area contributed by atoms with Crippen LogP contribution >= 0.6 is 45.2 Å². The maximum atomic E-state index is 2.56. The molecule has 0 atom stereocenters. The molecule has 0 saturated heterocycles. The van der Waals surface area contributed by atoms with Crippen LogP contribution in [0.15, 0.2) is 18.3 Å². The van der Waals surface area contributed by atoms with Crippen LogP contribution in [0.3, 0.4) is 0 Å². The van der Waals surface area contributed by atoms with Crippen molar-refractivity contribution >= 4 is 45.2 Å². The third kappa shape index (κ3) is 6.62. The Hall–Kier alpha value is 0.940. The third-order valence-corrected chi connectivity index (χ3v) is 4.83. The maximum Gasteiger partial charge on any atom is -0.00592 e. The van der Waals surface area contributed by atoms with Gasteiger partial charge in [0.2, 0.25) is 0 Å². The Morgan fingerprint density at radius 2 is 1.38 bits per heavy atom. The molecule has 0 amide bonds. The summed E-state index contributed by atoms with van der Waals surface area (Å²) >= 11 is 5.01. The molecule has 0 spiro atoms. The molecule has 2 heteroatoms. The zero-order valence-electron chi connectivity index (χ0n) is 11.0. The lowest BCUT2D eigenvalue weighted by Gasteiger charge is -2.13. The van der Waals surface area contributed by atoms with E-state index in [1.54, 1.807) is 9.15 Å². The summed E-state index contributed by atoms with van der Waals surface area (Å²) in [5.74, 6) is 0. The second kappa shape index (κ2) is 9.92. The van der Waals surface area contributed by atoms with Crippen molar-refractivity contribution in [2.75, 3.05) is 0 Å². The van der Waals surface area contributed by atoms with Gasteiger partial charge in [-0.15, -0.1) is 0 Å². The van der Waals surface area contributed by atoms with Crippen molar-refractivity contribution in [2.24, 2.45) is 0 Å². The lowest BCUT2D eigenvalue weighted by atomic mass is 9.99. The van der Waals surface area contributed by atoms with Crippen LogP contribution in [0.25, 0.3) is 0 Å². The van der Waals surface area contributed by atoms with E-state index in [4.69, 9.17) is 0 Å². The van der Waals surface area contributed by atoms with Gasteiger partial charge in [0.25, 0.3) is 0 Å². The molecule has 0 fully saturated rings. The number of rotatable bonds is 7. The Kier molecular flexibility index (Phi) is 10.5. The quantitative estimate of drug-likeness (QED) is 0.299. The number of unbranched alkanes of at least 4 members (excludes halogenated alkanes) is 2. The van der Waals surface area contributed by atoms with Gasteiger partial charge in [-0.2, -0.15) is 0 Å². The van der Waals surface area contributed by atoms with Crippen LogP contribution in [0.2, 0.25) is 0 Å². The van der Waals surface area contributed by atoms with Crippen LogP contribution in [0.4, 0.5) is 0 Å². The van der Waals surface area contributed by atoms with E-state index in [0.29, 0.717) is 0 Å². The van der Waals surface area contributed by atoms with Gasteiger partial charge in [0.1, 0.15) is 0 Å². The van der Waals surface area contributed by atoms with Crippen molar-refractivity contribution in [3.05, 3.63) is 18.3 Å². The van der Waals surface area contributed by atoms with Gasteiger partial charge >= 0.3 is 0 Å². The Bertz CT molecular complexity index is 258. The number of allylic oxidation sites excluding steroid dienone is 4. The van der Waals surface area contributed by atoms with E-state index < -0.39 is 0 Å². The largest absolute Gasteiger partial charge is 0.0654 e. The van der Waals surface area contributed by atoms with Crippen LogP contribution in [0.1, 0.15) is 66.2 Å². The molecule has 0 aliphatic carbocycles. The van der Waals surface area contributed by atoms with Gasteiger partial charge in [-0.3, -0.25) is 0 Å². The first-order valence-electron chi connectivity index (χ1n) is 6.25. The highest BCUT2D eigenvalue weighted by atomic mass is 127. The molecule has 0 rings (SSSR count). The number of hydrogen-bond donors (Lipinski definition) is 0. The Morgan fingerprint density at radius 1 is 0.875 bits per heavy atom. The van der Waals surface area contributed by atoms with Crippen molar-refractivity contribution < 1.29 is 0 Å². The molecule has 0 radical (unpaired) electrons. The average molecular weight is 446 g/mol. The van der Waals surface area contributed by atoms with Gasteiger partial charge in [-0.25, -0.2) is 0 Å². The first-order valence-corrected chi connectivity index (χ1v) is 8.41. The standard InChI is InChI=1S/C14H24I2/c1-5-7-9-13(11(3)12(4)15)14(16)10-8-6-2/h5-10H2,1-4H3/b12-11-,14-13-. The fraction of sp³-hybridized carbons (Fsp3) is 0.714. The van der Waals surface area contributed by atoms with Gasteiger partial charge in [0.05, 0.1) is 0 Å². The Labute approximate surface area is 129 Å². The zero-order valence-corrected chi connectivity index (χ0v) is 15.3. The summed E-state index contributed by atoms with van der Waals surface area (Å²) in [6.07, 6.45) is 7.73. The SMILES string of the molecule is CCCC/C(I)=C(CCCC)/C(C)=C(/C)I. The summed E-state index contributed by atoms with van der Waals surface area (Å²) in [4.78, 5) is 0. The summed E-state index contributed by atoms with van der Waals surface area (Å²) in [5, 5.41) is 0. The highest BCUT2D eigenvalue weighted by molar-refractivity contribution is 14.1. The lowest BCUT2D eigenvalue weighted by Crippen LogP contribution is -1.92. The fourth-order valence-electron chi connectivity index (χ4n) is 1.57. The van der Waals surface area contributed by atoms with E-state index in [2.05, 4.69) is 72.9 Å². The summed E-state index contributed by atoms with van der Waals surface area (Å²) in [6, 6.07) is 0. The second-order valence-corrected chi connectivity index (χ2v) is 7.17. The van der Waals surface area contributed by atoms with E-state index in [1.807, 2.05) is 0 Å². The van der Waals surface area contributed by atoms with Crippen molar-refractivity contribution in [3.8, 4) is 0 Å². The van der Waals surface area contributed by atoms with Crippen LogP contribution in [-0.4, -0.2) is 0 Å². The van der Waals surface area contributed by atoms with Gasteiger partial charge in [-0.05, 0) is 103 Å². The van der Waals surface area contributed by atoms with Gasteiger partial charge in [-0.1, -0.05) is 26.7 Å². The topological polar surface area (TPSA) is 0 Å². The van der Waals surface area contributed by atoms with Gasteiger partial charge < -0.3 is 0 Å². The summed E-state index contributed by atoms with van der Waals surface area (Å²) in [7, 11) is 0. The highest BCUT2D eigenvalue weighted by Crippen LogP contribution is 2.31. The molecule has 0 unspecified atom stereocenters. The zero-order chi connectivity index (χ0) is 12.6. The van der Waals surface area contributed by atoms with Crippen LogP contribution in [-0.2, 0) is 0 Å². The fourth-order valence-corrected chi connectivity index (χ4v) is 2.95. The molecule has 0 nitrogen and oxygen atoms in total. The monoisotopic (exact) mass is 446 g/mol. The first-order chi connectivity index (χ1) is 7.54. The van der Waals surface area contributed by atoms with Crippen LogP contribution in [0.5, 0.6) is 0 Å². The maximum absolute atomic E-state index is 2.56. The predicted octanol–water partition coefficient (Wildman–Crippen LogP) is 6.78. The second-order valence-electron chi connectivity index (χ2n) is 4.25. The first kappa shape index (κ1) is 16.9. The molecule has 0 bridgehead atoms. The van der Waals surface area contributed by atoms with Crippen molar-refractivity contribution in [1.29, 1.82) is 0 Å². The molecule has 0 aromatic carbocycles. The van der Waals surface area contributed by atoms with Crippen molar-refractivity contribution in [2.45, 2.75) is 66.2 Å². The molecule has 16 heavy (non-hydrogen) atoms. The van der Waals surface area contributed by atoms with E-state index >= 15 is 0 Å². The molecule has 0 N–H and O–H groups in total. The van der Waals surface area contributed by atoms with E-state index in [-0.39, 0.29) is 0 Å². The molecular formula is C14H24I2. The molecule has 0 aromatic rings. The van der Waals surface area contributed by atoms with E-state index in [0.717, 1.165) is 0 Å². The Morgan fingerprint density at radius 3 is 1.81 bits per heavy atom. The molecule has 0 saturated carbocycles. The minimum atomic E-state index is 1.25. The summed E-state index contributed by atoms with van der Waals surface area (Å²) in [5.41, 5.74) is 3.12. The predicted molar refractivity (Wildman–Crippen MR) is 92.5 cm³/mol. The smallest absolute Gasteiger partial charge is 0.00592 e. The number of halogens is 2. The van der Waals surface area contributed by atoms with Gasteiger partial charge in [0, 0.05) is 0 Å². The van der Waals surface area contributed by atoms with Crippen LogP contribution < -0.4 is 0 Å². The highest BCUT2D eigenvalue weighted by Gasteiger charge is 2.07. The van der Waals surface area contributed by atoms with Gasteiger partial charge in [0.15, 0.2) is 0 Å². The molecule has 0 aromatic heterocycles. The number of hydrogen-bond acceptors (Lipinski definition) is 0. The molecule has 0 aliphatic rings. The van der Waals surface area contributed by atoms with E-state index in [1.165, 1.54) is 47.7 Å². The molecule has 0 aliphatic heterocycles. The molecular weight excluding hydrogens is 422 g/mol. The third-order valence-electron chi connectivity index (χ3n) is 2.83. The van der Waals surface area contributed by atoms with Crippen molar-refractivity contribution in [3.63, 3.8) is 0 Å². The minimum Gasteiger partial charge on any atom is -0.0654 e. The Balaban J connectivity index is 4.83. The van der Waals surface area contributed by atoms with Crippen LogP contribution in [0, 0.1) is 0 Å². The normalized spacial score (nSPS) is 14.6. The average Bonchev–Trinajstić information content (AvgIpc) is 2.26. The lowest BCUT2D eigenvalue weighted by molar-refractivity contribution is 0.769. The summed E-state index contributed by atoms with van der Waals surface area (Å²) in [6.45, 7) is 9.03. The van der Waals surface area contributed by atoms with E-state index in [9.17, 15) is 0 Å². The summed E-state index contributed by atoms with van der Waals surface area (Å²) < 4.78 is 3.02. The van der Waals surface area contributed by atoms with Crippen molar-refractivity contribution in [1.82, 2.24) is 0 Å². The molecule has 94 valence electrons. The minimum absolute atomic E-state index is 1.25. The molecule has 0 heterocycles.